The molecule has 0 aromatic rings. The maximum atomic E-state index is 4.04. The average molecular weight is 224 g/mol. The fourth-order valence-corrected chi connectivity index (χ4v) is 2.74. The Bertz CT molecular complexity index is 227. The Balaban J connectivity index is 2.67. The number of rotatable bonds is 5. The number of likely N-dealkylation sites (N-methyl/N-ethyl adjacent to an activating group) is 1. The quantitative estimate of drug-likeness (QED) is 0.722. The summed E-state index contributed by atoms with van der Waals surface area (Å²) in [7, 11) is 2.07. The second-order valence-corrected chi connectivity index (χ2v) is 5.70. The van der Waals surface area contributed by atoms with Gasteiger partial charge in [0.2, 0.25) is 0 Å². The molecule has 1 aliphatic heterocycles. The molecule has 0 spiro atoms. The molecule has 1 unspecified atom stereocenters. The lowest BCUT2D eigenvalue weighted by Crippen LogP contribution is -2.58. The molecule has 0 aliphatic carbocycles. The van der Waals surface area contributed by atoms with Gasteiger partial charge in [0.05, 0.1) is 0 Å². The zero-order valence-electron chi connectivity index (χ0n) is 11.5. The predicted octanol–water partition coefficient (Wildman–Crippen LogP) is 2.81. The molecule has 0 amide bonds. The fraction of sp³-hybridized carbons (Fsp3) is 0.857. The molecule has 1 saturated heterocycles. The van der Waals surface area contributed by atoms with E-state index in [1.165, 1.54) is 37.9 Å². The predicted molar refractivity (Wildman–Crippen MR) is 71.8 cm³/mol. The molecule has 2 nitrogen and oxygen atoms in total. The molecule has 0 aromatic heterocycles. The molecule has 16 heavy (non-hydrogen) atoms. The molecule has 0 saturated carbocycles. The van der Waals surface area contributed by atoms with Gasteiger partial charge in [0.1, 0.15) is 0 Å². The Morgan fingerprint density at radius 3 is 2.31 bits per heavy atom. The summed E-state index contributed by atoms with van der Waals surface area (Å²) in [5.41, 5.74) is 1.50. The lowest BCUT2D eigenvalue weighted by molar-refractivity contribution is 0.0636. The van der Waals surface area contributed by atoms with Crippen LogP contribution in [-0.2, 0) is 0 Å². The molecule has 0 bridgehead atoms. The van der Waals surface area contributed by atoms with Gasteiger partial charge in [-0.1, -0.05) is 12.0 Å². The summed E-state index contributed by atoms with van der Waals surface area (Å²) in [5, 5.41) is 3.47. The normalized spacial score (nSPS) is 20.8. The van der Waals surface area contributed by atoms with Gasteiger partial charge in [-0.15, -0.1) is 6.58 Å². The summed E-state index contributed by atoms with van der Waals surface area (Å²) in [6.45, 7) is 13.4. The first-order chi connectivity index (χ1) is 7.48. The average Bonchev–Trinajstić information content (AvgIpc) is 2.26. The molecule has 1 N–H and O–H groups in total. The molecule has 2 heteroatoms. The van der Waals surface area contributed by atoms with E-state index in [9.17, 15) is 0 Å². The van der Waals surface area contributed by atoms with Gasteiger partial charge < -0.3 is 5.32 Å². The van der Waals surface area contributed by atoms with Crippen molar-refractivity contribution in [3.63, 3.8) is 0 Å². The van der Waals surface area contributed by atoms with Gasteiger partial charge in [-0.25, -0.2) is 0 Å². The van der Waals surface area contributed by atoms with Crippen molar-refractivity contribution in [3.05, 3.63) is 12.2 Å². The van der Waals surface area contributed by atoms with Crippen LogP contribution < -0.4 is 5.32 Å². The first-order valence-corrected chi connectivity index (χ1v) is 6.55. The molecule has 1 aliphatic rings. The van der Waals surface area contributed by atoms with Gasteiger partial charge in [0.15, 0.2) is 0 Å². The zero-order valence-corrected chi connectivity index (χ0v) is 11.5. The zero-order chi connectivity index (χ0) is 12.2. The number of piperidine rings is 1. The molecule has 94 valence electrons. The van der Waals surface area contributed by atoms with E-state index >= 15 is 0 Å². The monoisotopic (exact) mass is 224 g/mol. The summed E-state index contributed by atoms with van der Waals surface area (Å²) in [4.78, 5) is 2.64. The standard InChI is InChI=1S/C14H28N2/c1-12(2)11-13(15-5)14(3,4)16-9-7-6-8-10-16/h13,15H,1,6-11H2,2-5H3. The van der Waals surface area contributed by atoms with Gasteiger partial charge in [-0.3, -0.25) is 4.90 Å². The van der Waals surface area contributed by atoms with Crippen molar-refractivity contribution in [3.8, 4) is 0 Å². The minimum atomic E-state index is 0.230. The largest absolute Gasteiger partial charge is 0.315 e. The minimum Gasteiger partial charge on any atom is -0.315 e. The van der Waals surface area contributed by atoms with Crippen molar-refractivity contribution < 1.29 is 0 Å². The smallest absolute Gasteiger partial charge is 0.0309 e. The second-order valence-electron chi connectivity index (χ2n) is 5.70. The van der Waals surface area contributed by atoms with Crippen LogP contribution in [0.2, 0.25) is 0 Å². The van der Waals surface area contributed by atoms with Crippen LogP contribution in [0.4, 0.5) is 0 Å². The Labute approximate surface area is 101 Å². The highest BCUT2D eigenvalue weighted by Crippen LogP contribution is 2.26. The topological polar surface area (TPSA) is 15.3 Å². The van der Waals surface area contributed by atoms with Gasteiger partial charge in [0, 0.05) is 11.6 Å². The Morgan fingerprint density at radius 2 is 1.88 bits per heavy atom. The number of likely N-dealkylation sites (tertiary alicyclic amines) is 1. The highest BCUT2D eigenvalue weighted by Gasteiger charge is 2.34. The number of nitrogens with one attached hydrogen (secondary N) is 1. The molecule has 0 aromatic carbocycles. The van der Waals surface area contributed by atoms with E-state index in [0.29, 0.717) is 6.04 Å². The number of hydrogen-bond acceptors (Lipinski definition) is 2. The maximum absolute atomic E-state index is 4.04. The van der Waals surface area contributed by atoms with E-state index < -0.39 is 0 Å². The van der Waals surface area contributed by atoms with Crippen molar-refractivity contribution in [1.29, 1.82) is 0 Å². The van der Waals surface area contributed by atoms with Crippen LogP contribution >= 0.6 is 0 Å². The summed E-state index contributed by atoms with van der Waals surface area (Å²) >= 11 is 0. The molecular weight excluding hydrogens is 196 g/mol. The van der Waals surface area contributed by atoms with Crippen LogP contribution in [0.3, 0.4) is 0 Å². The van der Waals surface area contributed by atoms with Gasteiger partial charge in [-0.05, 0) is 60.2 Å². The highest BCUT2D eigenvalue weighted by atomic mass is 15.2. The first kappa shape index (κ1) is 13.7. The second kappa shape index (κ2) is 5.83. The summed E-state index contributed by atoms with van der Waals surface area (Å²) in [5.74, 6) is 0. The molecule has 1 rings (SSSR count). The van der Waals surface area contributed by atoms with Crippen molar-refractivity contribution >= 4 is 0 Å². The third-order valence-corrected chi connectivity index (χ3v) is 3.92. The van der Waals surface area contributed by atoms with Crippen LogP contribution in [-0.4, -0.2) is 36.6 Å². The summed E-state index contributed by atoms with van der Waals surface area (Å²) < 4.78 is 0. The third kappa shape index (κ3) is 3.33. The van der Waals surface area contributed by atoms with Gasteiger partial charge in [0.25, 0.3) is 0 Å². The van der Waals surface area contributed by atoms with Crippen LogP contribution in [0.1, 0.15) is 46.5 Å². The van der Waals surface area contributed by atoms with Crippen molar-refractivity contribution in [1.82, 2.24) is 10.2 Å². The summed E-state index contributed by atoms with van der Waals surface area (Å²) in [6, 6.07) is 0.503. The summed E-state index contributed by atoms with van der Waals surface area (Å²) in [6.07, 6.45) is 5.18. The van der Waals surface area contributed by atoms with E-state index in [0.717, 1.165) is 6.42 Å². The highest BCUT2D eigenvalue weighted by molar-refractivity contribution is 5.02. The van der Waals surface area contributed by atoms with E-state index in [4.69, 9.17) is 0 Å². The van der Waals surface area contributed by atoms with Crippen LogP contribution in [0.25, 0.3) is 0 Å². The van der Waals surface area contributed by atoms with E-state index in [-0.39, 0.29) is 5.54 Å². The van der Waals surface area contributed by atoms with Crippen LogP contribution in [0, 0.1) is 0 Å². The SMILES string of the molecule is C=C(C)CC(NC)C(C)(C)N1CCCCC1. The molecule has 0 radical (unpaired) electrons. The van der Waals surface area contributed by atoms with E-state index in [1.54, 1.807) is 0 Å². The van der Waals surface area contributed by atoms with Crippen LogP contribution in [0.15, 0.2) is 12.2 Å². The van der Waals surface area contributed by atoms with Crippen molar-refractivity contribution in [2.75, 3.05) is 20.1 Å². The Hall–Kier alpha value is -0.340. The van der Waals surface area contributed by atoms with E-state index in [1.807, 2.05) is 0 Å². The Kier molecular flexibility index (Phi) is 5.00. The molecule has 1 heterocycles. The van der Waals surface area contributed by atoms with Gasteiger partial charge >= 0.3 is 0 Å². The first-order valence-electron chi connectivity index (χ1n) is 6.55. The molecule has 1 fully saturated rings. The number of nitrogens with zero attached hydrogens (tertiary/aromatic N) is 1. The minimum absolute atomic E-state index is 0.230. The van der Waals surface area contributed by atoms with Crippen molar-refractivity contribution in [2.45, 2.75) is 58.0 Å². The van der Waals surface area contributed by atoms with Crippen LogP contribution in [0.5, 0.6) is 0 Å². The van der Waals surface area contributed by atoms with Gasteiger partial charge in [-0.2, -0.15) is 0 Å². The fourth-order valence-electron chi connectivity index (χ4n) is 2.74. The maximum Gasteiger partial charge on any atom is 0.0309 e. The molecular formula is C14H28N2. The lowest BCUT2D eigenvalue weighted by atomic mass is 9.86. The third-order valence-electron chi connectivity index (χ3n) is 3.92. The molecule has 1 atom stereocenters. The van der Waals surface area contributed by atoms with Crippen molar-refractivity contribution in [2.24, 2.45) is 0 Å². The Morgan fingerprint density at radius 1 is 1.31 bits per heavy atom. The number of hydrogen-bond donors (Lipinski definition) is 1. The lowest BCUT2D eigenvalue weighted by Gasteiger charge is -2.46. The van der Waals surface area contributed by atoms with E-state index in [2.05, 4.69) is 44.6 Å².